The van der Waals surface area contributed by atoms with Gasteiger partial charge in [-0.15, -0.1) is 11.3 Å². The molecule has 9 heteroatoms. The fraction of sp³-hybridized carbons (Fsp3) is 0.375. The highest BCUT2D eigenvalue weighted by Gasteiger charge is 2.24. The van der Waals surface area contributed by atoms with Crippen molar-refractivity contribution < 1.29 is 15.2 Å². The number of aromatic hydroxyl groups is 1. The minimum absolute atomic E-state index is 0.128. The van der Waals surface area contributed by atoms with Crippen molar-refractivity contribution in [3.8, 4) is 5.88 Å². The highest BCUT2D eigenvalue weighted by Crippen LogP contribution is 2.36. The number of nitrogens with zero attached hydrogens (tertiary/aromatic N) is 2. The lowest BCUT2D eigenvalue weighted by Gasteiger charge is -2.31. The van der Waals surface area contributed by atoms with Crippen molar-refractivity contribution in [1.29, 1.82) is 0 Å². The maximum atomic E-state index is 10.4. The Balaban J connectivity index is 1.25. The number of rotatable bonds is 8. The zero-order valence-electron chi connectivity index (χ0n) is 18.3. The molecule has 5 nitrogen and oxygen atoms in total. The van der Waals surface area contributed by atoms with Gasteiger partial charge in [-0.3, -0.25) is 0 Å². The van der Waals surface area contributed by atoms with Crippen LogP contribution in [-0.4, -0.2) is 51.8 Å². The fourth-order valence-corrected chi connectivity index (χ4v) is 5.74. The van der Waals surface area contributed by atoms with Gasteiger partial charge in [0.15, 0.2) is 0 Å². The summed E-state index contributed by atoms with van der Waals surface area (Å²) in [7, 11) is -1.41. The smallest absolute Gasteiger partial charge is 0.488 e. The Hall–Kier alpha value is -1.61. The molecule has 0 atom stereocenters. The zero-order chi connectivity index (χ0) is 23.4. The van der Waals surface area contributed by atoms with Crippen LogP contribution in [0.25, 0.3) is 0 Å². The third kappa shape index (κ3) is 6.50. The molecule has 1 fully saturated rings. The van der Waals surface area contributed by atoms with Crippen molar-refractivity contribution in [2.24, 2.45) is 0 Å². The van der Waals surface area contributed by atoms with Gasteiger partial charge in [0.05, 0.1) is 14.9 Å². The molecule has 0 saturated carbocycles. The third-order valence-corrected chi connectivity index (χ3v) is 8.14. The van der Waals surface area contributed by atoms with Crippen LogP contribution in [-0.2, 0) is 12.8 Å². The SMILES string of the molecule is OB(O)c1ccc(CCCN2CCC(c3nc(O)c(Cc4ccc(Cl)c(Cl)c4)s3)CC2)cc1. The summed E-state index contributed by atoms with van der Waals surface area (Å²) in [6, 6.07) is 13.0. The summed E-state index contributed by atoms with van der Waals surface area (Å²) in [4.78, 5) is 7.84. The van der Waals surface area contributed by atoms with Crippen LogP contribution >= 0.6 is 34.5 Å². The third-order valence-electron chi connectivity index (χ3n) is 6.20. The van der Waals surface area contributed by atoms with E-state index in [1.165, 1.54) is 5.56 Å². The minimum atomic E-state index is -1.41. The van der Waals surface area contributed by atoms with E-state index in [2.05, 4.69) is 9.88 Å². The Bertz CT molecular complexity index is 1070. The van der Waals surface area contributed by atoms with Crippen LogP contribution in [0.4, 0.5) is 0 Å². The average molecular weight is 505 g/mol. The molecular formula is C24H27BCl2N2O3S. The van der Waals surface area contributed by atoms with Crippen molar-refractivity contribution >= 4 is 47.1 Å². The largest absolute Gasteiger partial charge is 0.492 e. The number of likely N-dealkylation sites (tertiary alicyclic amines) is 1. The van der Waals surface area contributed by atoms with E-state index in [0.29, 0.717) is 27.8 Å². The van der Waals surface area contributed by atoms with E-state index < -0.39 is 7.12 Å². The molecule has 2 aromatic carbocycles. The van der Waals surface area contributed by atoms with Crippen LogP contribution in [0.2, 0.25) is 10.0 Å². The second-order valence-electron chi connectivity index (χ2n) is 8.56. The zero-order valence-corrected chi connectivity index (χ0v) is 20.6. The second-order valence-corrected chi connectivity index (χ2v) is 10.5. The summed E-state index contributed by atoms with van der Waals surface area (Å²) < 4.78 is 0. The Morgan fingerprint density at radius 2 is 1.70 bits per heavy atom. The van der Waals surface area contributed by atoms with E-state index in [1.807, 2.05) is 24.3 Å². The lowest BCUT2D eigenvalue weighted by atomic mass is 9.80. The van der Waals surface area contributed by atoms with Gasteiger partial charge in [0.2, 0.25) is 5.88 Å². The maximum Gasteiger partial charge on any atom is 0.488 e. The van der Waals surface area contributed by atoms with E-state index in [4.69, 9.17) is 23.2 Å². The number of hydrogen-bond donors (Lipinski definition) is 3. The number of halogens is 2. The van der Waals surface area contributed by atoms with Crippen LogP contribution in [0.3, 0.4) is 0 Å². The Kier molecular flexibility index (Phi) is 8.33. The first kappa shape index (κ1) is 24.5. The molecule has 0 unspecified atom stereocenters. The molecule has 174 valence electrons. The van der Waals surface area contributed by atoms with Gasteiger partial charge in [0.1, 0.15) is 5.01 Å². The summed E-state index contributed by atoms with van der Waals surface area (Å²) in [5.41, 5.74) is 2.74. The highest BCUT2D eigenvalue weighted by molar-refractivity contribution is 7.12. The first-order valence-electron chi connectivity index (χ1n) is 11.2. The number of aromatic nitrogens is 1. The van der Waals surface area contributed by atoms with E-state index in [1.54, 1.807) is 29.5 Å². The lowest BCUT2D eigenvalue weighted by Crippen LogP contribution is -2.33. The molecule has 1 saturated heterocycles. The summed E-state index contributed by atoms with van der Waals surface area (Å²) in [6.07, 6.45) is 4.72. The molecule has 33 heavy (non-hydrogen) atoms. The van der Waals surface area contributed by atoms with Gasteiger partial charge in [-0.2, -0.15) is 0 Å². The molecule has 0 radical (unpaired) electrons. The van der Waals surface area contributed by atoms with E-state index >= 15 is 0 Å². The molecule has 0 aliphatic carbocycles. The van der Waals surface area contributed by atoms with Crippen LogP contribution in [0.5, 0.6) is 5.88 Å². The summed E-state index contributed by atoms with van der Waals surface area (Å²) in [5.74, 6) is 0.514. The number of benzene rings is 2. The standard InChI is InChI=1S/C24H27BCl2N2O3S/c26-20-8-5-17(14-21(20)27)15-22-23(30)28-24(33-22)18-9-12-29(13-10-18)11-1-2-16-3-6-19(7-4-16)25(31)32/h3-8,14,18,30-32H,1-2,9-13,15H2. The van der Waals surface area contributed by atoms with Gasteiger partial charge in [-0.05, 0) is 74.0 Å². The summed E-state index contributed by atoms with van der Waals surface area (Å²) >= 11 is 13.7. The molecule has 1 aliphatic heterocycles. The minimum Gasteiger partial charge on any atom is -0.492 e. The van der Waals surface area contributed by atoms with Crippen molar-refractivity contribution in [2.75, 3.05) is 19.6 Å². The molecule has 0 amide bonds. The fourth-order valence-electron chi connectivity index (χ4n) is 4.25. The molecule has 0 spiro atoms. The Labute approximate surface area is 208 Å². The number of hydrogen-bond acceptors (Lipinski definition) is 6. The van der Waals surface area contributed by atoms with Gasteiger partial charge in [-0.25, -0.2) is 4.98 Å². The maximum absolute atomic E-state index is 10.4. The van der Waals surface area contributed by atoms with Crippen LogP contribution in [0.1, 0.15) is 46.2 Å². The molecule has 1 aromatic heterocycles. The monoisotopic (exact) mass is 504 g/mol. The average Bonchev–Trinajstić information content (AvgIpc) is 3.17. The van der Waals surface area contributed by atoms with Gasteiger partial charge in [-0.1, -0.05) is 53.5 Å². The number of thiazole rings is 1. The second kappa shape index (κ2) is 11.2. The van der Waals surface area contributed by atoms with Crippen molar-refractivity contribution in [2.45, 2.75) is 38.0 Å². The Morgan fingerprint density at radius 1 is 1.00 bits per heavy atom. The van der Waals surface area contributed by atoms with E-state index in [9.17, 15) is 15.2 Å². The lowest BCUT2D eigenvalue weighted by molar-refractivity contribution is 0.210. The quantitative estimate of drug-likeness (QED) is 0.400. The Morgan fingerprint density at radius 3 is 2.36 bits per heavy atom. The van der Waals surface area contributed by atoms with Crippen LogP contribution in [0.15, 0.2) is 42.5 Å². The predicted molar refractivity (Wildman–Crippen MR) is 136 cm³/mol. The van der Waals surface area contributed by atoms with E-state index in [0.717, 1.165) is 60.8 Å². The van der Waals surface area contributed by atoms with Gasteiger partial charge >= 0.3 is 7.12 Å². The van der Waals surface area contributed by atoms with Gasteiger partial charge in [0, 0.05) is 12.3 Å². The summed E-state index contributed by atoms with van der Waals surface area (Å²) in [5, 5.41) is 30.8. The van der Waals surface area contributed by atoms with Crippen molar-refractivity contribution in [1.82, 2.24) is 9.88 Å². The molecule has 3 aromatic rings. The summed E-state index contributed by atoms with van der Waals surface area (Å²) in [6.45, 7) is 3.11. The molecule has 0 bridgehead atoms. The van der Waals surface area contributed by atoms with Gasteiger partial charge in [0.25, 0.3) is 0 Å². The number of aryl methyl sites for hydroxylation is 1. The molecule has 1 aliphatic rings. The topological polar surface area (TPSA) is 76.8 Å². The first-order valence-corrected chi connectivity index (χ1v) is 12.8. The number of piperidine rings is 1. The molecule has 2 heterocycles. The predicted octanol–water partition coefficient (Wildman–Crippen LogP) is 4.24. The first-order chi connectivity index (χ1) is 15.9. The normalized spacial score (nSPS) is 15.2. The molecular weight excluding hydrogens is 478 g/mol. The van der Waals surface area contributed by atoms with Crippen molar-refractivity contribution in [3.63, 3.8) is 0 Å². The molecule has 4 rings (SSSR count). The molecule has 3 N–H and O–H groups in total. The van der Waals surface area contributed by atoms with E-state index in [-0.39, 0.29) is 5.88 Å². The van der Waals surface area contributed by atoms with Gasteiger partial charge < -0.3 is 20.1 Å². The van der Waals surface area contributed by atoms with Crippen molar-refractivity contribution in [3.05, 3.63) is 73.5 Å². The highest BCUT2D eigenvalue weighted by atomic mass is 35.5. The van der Waals surface area contributed by atoms with Crippen LogP contribution in [0, 0.1) is 0 Å². The van der Waals surface area contributed by atoms with Crippen LogP contribution < -0.4 is 5.46 Å².